The first-order chi connectivity index (χ1) is 17.4. The molecule has 0 saturated carbocycles. The summed E-state index contributed by atoms with van der Waals surface area (Å²) in [6.07, 6.45) is 18.5. The average molecular weight is 447 g/mol. The van der Waals surface area contributed by atoms with Gasteiger partial charge in [0.25, 0.3) is 0 Å². The van der Waals surface area contributed by atoms with Gasteiger partial charge in [0.1, 0.15) is 11.2 Å². The van der Waals surface area contributed by atoms with Gasteiger partial charge in [0.2, 0.25) is 0 Å². The topological polar surface area (TPSA) is 13.1 Å². The number of furan rings is 1. The zero-order chi connectivity index (χ0) is 22.9. The molecule has 4 aromatic rings. The van der Waals surface area contributed by atoms with Gasteiger partial charge in [-0.3, -0.25) is 0 Å². The van der Waals surface area contributed by atoms with Crippen molar-refractivity contribution >= 4 is 33.1 Å². The van der Waals surface area contributed by atoms with E-state index in [0.29, 0.717) is 11.8 Å². The maximum Gasteiger partial charge on any atom is 0.143 e. The van der Waals surface area contributed by atoms with Gasteiger partial charge in [0, 0.05) is 28.2 Å². The van der Waals surface area contributed by atoms with Crippen LogP contribution in [0.5, 0.6) is 0 Å². The first-order valence-corrected chi connectivity index (χ1v) is 12.3. The minimum absolute atomic E-state index is 0.318. The number of benzene rings is 3. The van der Waals surface area contributed by atoms with E-state index < -0.39 is 0 Å². The van der Waals surface area contributed by atoms with Crippen LogP contribution < -0.4 is 0 Å². The van der Waals surface area contributed by atoms with Crippen molar-refractivity contribution in [1.29, 1.82) is 0 Å². The molecule has 0 saturated heterocycles. The Morgan fingerprint density at radius 2 is 1.34 bits per heavy atom. The lowest BCUT2D eigenvalue weighted by Gasteiger charge is -2.42. The molecule has 1 heterocycles. The lowest BCUT2D eigenvalue weighted by atomic mass is 9.61. The van der Waals surface area contributed by atoms with Gasteiger partial charge in [-0.15, -0.1) is 0 Å². The van der Waals surface area contributed by atoms with E-state index in [1.54, 1.807) is 0 Å². The first-order valence-electron chi connectivity index (χ1n) is 12.3. The number of rotatable bonds is 2. The standard InChI is InChI=1S/C34H22O/c1-2-7-21(8-3-1)24-17-13-22-16-20-28-25(18-14-23-15-19-27(24)32(22)33(23)28)29-10-6-11-30-26-9-4-5-12-31(26)35-34(29)30/h1-20,32-33H. The number of para-hydroxylation sites is 2. The molecule has 2 unspecified atom stereocenters. The molecule has 1 aromatic heterocycles. The number of hydrogen-bond donors (Lipinski definition) is 0. The van der Waals surface area contributed by atoms with Crippen molar-refractivity contribution in [1.82, 2.24) is 0 Å². The quantitative estimate of drug-likeness (QED) is 0.300. The maximum atomic E-state index is 6.42. The van der Waals surface area contributed by atoms with Crippen molar-refractivity contribution in [3.8, 4) is 0 Å². The van der Waals surface area contributed by atoms with E-state index >= 15 is 0 Å². The van der Waals surface area contributed by atoms with Gasteiger partial charge >= 0.3 is 0 Å². The minimum Gasteiger partial charge on any atom is -0.455 e. The zero-order valence-electron chi connectivity index (χ0n) is 19.1. The second-order valence-electron chi connectivity index (χ2n) is 9.67. The van der Waals surface area contributed by atoms with Crippen molar-refractivity contribution in [2.75, 3.05) is 0 Å². The zero-order valence-corrected chi connectivity index (χ0v) is 19.1. The Bertz CT molecular complexity index is 1780. The molecule has 2 atom stereocenters. The van der Waals surface area contributed by atoms with Crippen LogP contribution in [0.2, 0.25) is 0 Å². The average Bonchev–Trinajstić information content (AvgIpc) is 3.31. The predicted octanol–water partition coefficient (Wildman–Crippen LogP) is 8.60. The van der Waals surface area contributed by atoms with Gasteiger partial charge in [-0.2, -0.15) is 0 Å². The summed E-state index contributed by atoms with van der Waals surface area (Å²) in [4.78, 5) is 0. The highest BCUT2D eigenvalue weighted by atomic mass is 16.3. The molecule has 0 radical (unpaired) electrons. The molecule has 1 nitrogen and oxygen atoms in total. The summed E-state index contributed by atoms with van der Waals surface area (Å²) in [7, 11) is 0. The van der Waals surface area contributed by atoms with Crippen LogP contribution in [0.1, 0.15) is 11.1 Å². The third kappa shape index (κ3) is 2.64. The molecule has 0 fully saturated rings. The second-order valence-corrected chi connectivity index (χ2v) is 9.67. The molecule has 4 aliphatic carbocycles. The van der Waals surface area contributed by atoms with Gasteiger partial charge in [-0.05, 0) is 45.1 Å². The van der Waals surface area contributed by atoms with Gasteiger partial charge in [-0.1, -0.05) is 115 Å². The Morgan fingerprint density at radius 3 is 2.29 bits per heavy atom. The van der Waals surface area contributed by atoms with E-state index in [4.69, 9.17) is 4.42 Å². The Morgan fingerprint density at radius 1 is 0.571 bits per heavy atom. The molecule has 0 N–H and O–H groups in total. The molecule has 164 valence electrons. The van der Waals surface area contributed by atoms with Crippen molar-refractivity contribution in [2.24, 2.45) is 11.8 Å². The predicted molar refractivity (Wildman–Crippen MR) is 145 cm³/mol. The molecule has 35 heavy (non-hydrogen) atoms. The van der Waals surface area contributed by atoms with Crippen LogP contribution in [-0.4, -0.2) is 0 Å². The highest BCUT2D eigenvalue weighted by Gasteiger charge is 2.40. The summed E-state index contributed by atoms with van der Waals surface area (Å²) < 4.78 is 6.42. The Kier molecular flexibility index (Phi) is 3.84. The molecule has 4 aliphatic rings. The van der Waals surface area contributed by atoms with Crippen LogP contribution >= 0.6 is 0 Å². The Hall–Kier alpha value is -4.36. The van der Waals surface area contributed by atoms with Crippen LogP contribution in [0.15, 0.2) is 148 Å². The molecular formula is C34H22O. The summed E-state index contributed by atoms with van der Waals surface area (Å²) >= 11 is 0. The smallest absolute Gasteiger partial charge is 0.143 e. The van der Waals surface area contributed by atoms with Gasteiger partial charge in [0.15, 0.2) is 0 Å². The maximum absolute atomic E-state index is 6.42. The summed E-state index contributed by atoms with van der Waals surface area (Å²) in [5.41, 5.74) is 12.6. The van der Waals surface area contributed by atoms with E-state index in [9.17, 15) is 0 Å². The number of fused-ring (bicyclic) bond motifs is 3. The van der Waals surface area contributed by atoms with Gasteiger partial charge < -0.3 is 4.42 Å². The lowest BCUT2D eigenvalue weighted by Crippen LogP contribution is -2.30. The highest BCUT2D eigenvalue weighted by Crippen LogP contribution is 2.54. The molecule has 3 aromatic carbocycles. The summed E-state index contributed by atoms with van der Waals surface area (Å²) in [6.45, 7) is 0. The fourth-order valence-corrected chi connectivity index (χ4v) is 6.36. The second kappa shape index (κ2) is 7.07. The molecule has 0 aliphatic heterocycles. The first kappa shape index (κ1) is 19.0. The normalized spacial score (nSPS) is 22.1. The molecule has 1 heteroatoms. The van der Waals surface area contributed by atoms with Crippen LogP contribution in [0.4, 0.5) is 0 Å². The van der Waals surface area contributed by atoms with E-state index in [0.717, 1.165) is 11.2 Å². The van der Waals surface area contributed by atoms with E-state index in [2.05, 4.69) is 115 Å². The summed E-state index contributed by atoms with van der Waals surface area (Å²) in [5.74, 6) is 0.656. The monoisotopic (exact) mass is 446 g/mol. The molecular weight excluding hydrogens is 424 g/mol. The number of allylic oxidation sites excluding steroid dienone is 14. The van der Waals surface area contributed by atoms with Gasteiger partial charge in [0.05, 0.1) is 0 Å². The van der Waals surface area contributed by atoms with E-state index in [1.165, 1.54) is 55.3 Å². The van der Waals surface area contributed by atoms with Crippen LogP contribution in [-0.2, 0) is 0 Å². The third-order valence-corrected chi connectivity index (χ3v) is 7.92. The van der Waals surface area contributed by atoms with Crippen molar-refractivity contribution < 1.29 is 4.42 Å². The largest absolute Gasteiger partial charge is 0.455 e. The lowest BCUT2D eigenvalue weighted by molar-refractivity contribution is 0.569. The highest BCUT2D eigenvalue weighted by molar-refractivity contribution is 6.09. The van der Waals surface area contributed by atoms with Crippen molar-refractivity contribution in [2.45, 2.75) is 0 Å². The molecule has 0 spiro atoms. The fourth-order valence-electron chi connectivity index (χ4n) is 6.36. The SMILES string of the molecule is C1=CC2=C(c3ccccc3)C=CC3=CC=C4C(c5cccc6c5oc5ccccc56)=CC=C1C4C32. The van der Waals surface area contributed by atoms with E-state index in [-0.39, 0.29) is 0 Å². The Labute approximate surface area is 204 Å². The summed E-state index contributed by atoms with van der Waals surface area (Å²) in [5, 5.41) is 2.35. The van der Waals surface area contributed by atoms with Crippen LogP contribution in [0.25, 0.3) is 33.1 Å². The molecule has 0 amide bonds. The summed E-state index contributed by atoms with van der Waals surface area (Å²) in [6, 6.07) is 25.6. The van der Waals surface area contributed by atoms with E-state index in [1.807, 2.05) is 6.07 Å². The van der Waals surface area contributed by atoms with Gasteiger partial charge in [-0.25, -0.2) is 0 Å². The minimum atomic E-state index is 0.318. The van der Waals surface area contributed by atoms with Crippen molar-refractivity contribution in [3.63, 3.8) is 0 Å². The van der Waals surface area contributed by atoms with Crippen molar-refractivity contribution in [3.05, 3.63) is 155 Å². The molecule has 0 bridgehead atoms. The third-order valence-electron chi connectivity index (χ3n) is 7.92. The Balaban J connectivity index is 1.33. The van der Waals surface area contributed by atoms with Crippen LogP contribution in [0.3, 0.4) is 0 Å². The number of hydrogen-bond acceptors (Lipinski definition) is 1. The van der Waals surface area contributed by atoms with Crippen LogP contribution in [0, 0.1) is 11.8 Å². The fraction of sp³-hybridized carbons (Fsp3) is 0.0588. The molecule has 8 rings (SSSR count).